The number of nitrogens with two attached hydrogens (primary N) is 1. The summed E-state index contributed by atoms with van der Waals surface area (Å²) < 4.78 is 26.0. The van der Waals surface area contributed by atoms with E-state index in [1.807, 2.05) is 6.92 Å². The molecule has 18 heavy (non-hydrogen) atoms. The van der Waals surface area contributed by atoms with Crippen LogP contribution < -0.4 is 5.73 Å². The van der Waals surface area contributed by atoms with E-state index in [0.717, 1.165) is 15.4 Å². The Balaban J connectivity index is 2.31. The molecule has 0 aromatic heterocycles. The molecule has 0 saturated carbocycles. The van der Waals surface area contributed by atoms with Gasteiger partial charge in [-0.05, 0) is 55.0 Å². The lowest BCUT2D eigenvalue weighted by Gasteiger charge is -2.12. The molecule has 0 fully saturated rings. The van der Waals surface area contributed by atoms with Crippen LogP contribution in [0.2, 0.25) is 0 Å². The molecule has 0 aliphatic heterocycles. The van der Waals surface area contributed by atoms with Crippen molar-refractivity contribution in [1.82, 2.24) is 0 Å². The average Bonchev–Trinajstić information content (AvgIpc) is 2.34. The number of rotatable bonds is 3. The highest BCUT2D eigenvalue weighted by Gasteiger charge is 2.09. The molecule has 1 nitrogen and oxygen atoms in total. The molecule has 0 unspecified atom stereocenters. The summed E-state index contributed by atoms with van der Waals surface area (Å²) in [6.07, 6.45) is 0. The molecule has 1 atom stereocenters. The molecular formula is C14H13F2NS. The molecule has 0 bridgehead atoms. The van der Waals surface area contributed by atoms with E-state index in [0.29, 0.717) is 0 Å². The molecule has 0 aliphatic rings. The number of benzene rings is 2. The molecule has 0 spiro atoms. The number of hydrogen-bond acceptors (Lipinski definition) is 2. The minimum absolute atomic E-state index is 0.247. The van der Waals surface area contributed by atoms with Gasteiger partial charge >= 0.3 is 0 Å². The van der Waals surface area contributed by atoms with Crippen LogP contribution in [0.1, 0.15) is 18.5 Å². The lowest BCUT2D eigenvalue weighted by atomic mass is 10.1. The highest BCUT2D eigenvalue weighted by molar-refractivity contribution is 7.99. The Hall–Kier alpha value is -1.39. The van der Waals surface area contributed by atoms with Crippen molar-refractivity contribution in [3.05, 3.63) is 59.7 Å². The highest BCUT2D eigenvalue weighted by Crippen LogP contribution is 2.33. The summed E-state index contributed by atoms with van der Waals surface area (Å²) in [5, 5.41) is 0. The molecule has 0 radical (unpaired) electrons. The van der Waals surface area contributed by atoms with Crippen LogP contribution in [-0.2, 0) is 0 Å². The van der Waals surface area contributed by atoms with Gasteiger partial charge in [0.2, 0.25) is 0 Å². The zero-order valence-corrected chi connectivity index (χ0v) is 10.7. The first kappa shape index (κ1) is 13.1. The first-order valence-corrected chi connectivity index (χ1v) is 6.36. The zero-order chi connectivity index (χ0) is 13.1. The summed E-state index contributed by atoms with van der Waals surface area (Å²) in [6.45, 7) is 1.81. The molecule has 2 aromatic carbocycles. The number of halogens is 2. The van der Waals surface area contributed by atoms with Gasteiger partial charge in [0.15, 0.2) is 0 Å². The predicted molar refractivity (Wildman–Crippen MR) is 69.5 cm³/mol. The van der Waals surface area contributed by atoms with Crippen LogP contribution in [0, 0.1) is 11.6 Å². The molecule has 0 aliphatic carbocycles. The Morgan fingerprint density at radius 2 is 1.61 bits per heavy atom. The largest absolute Gasteiger partial charge is 0.324 e. The summed E-state index contributed by atoms with van der Waals surface area (Å²) >= 11 is 1.45. The van der Waals surface area contributed by atoms with Crippen LogP contribution in [0.25, 0.3) is 0 Å². The van der Waals surface area contributed by atoms with Gasteiger partial charge in [-0.3, -0.25) is 0 Å². The van der Waals surface area contributed by atoms with Gasteiger partial charge in [0.25, 0.3) is 0 Å². The van der Waals surface area contributed by atoms with Crippen molar-refractivity contribution >= 4 is 11.8 Å². The molecule has 0 heterocycles. The molecule has 2 aromatic rings. The summed E-state index contributed by atoms with van der Waals surface area (Å²) in [5.74, 6) is -0.573. The van der Waals surface area contributed by atoms with Crippen molar-refractivity contribution < 1.29 is 8.78 Å². The molecule has 2 rings (SSSR count). The quantitative estimate of drug-likeness (QED) is 0.902. The minimum atomic E-state index is -0.300. The summed E-state index contributed by atoms with van der Waals surface area (Å²) in [4.78, 5) is 1.78. The molecule has 0 saturated heterocycles. The molecule has 2 N–H and O–H groups in total. The van der Waals surface area contributed by atoms with E-state index in [2.05, 4.69) is 0 Å². The van der Waals surface area contributed by atoms with Crippen molar-refractivity contribution in [2.75, 3.05) is 0 Å². The van der Waals surface area contributed by atoms with E-state index in [1.165, 1.54) is 36.0 Å². The maximum Gasteiger partial charge on any atom is 0.123 e. The fourth-order valence-corrected chi connectivity index (χ4v) is 2.62. The number of hydrogen-bond donors (Lipinski definition) is 1. The van der Waals surface area contributed by atoms with Crippen LogP contribution >= 0.6 is 11.8 Å². The first-order valence-electron chi connectivity index (χ1n) is 5.54. The second kappa shape index (κ2) is 5.50. The minimum Gasteiger partial charge on any atom is -0.324 e. The van der Waals surface area contributed by atoms with E-state index >= 15 is 0 Å². The van der Waals surface area contributed by atoms with E-state index in [1.54, 1.807) is 18.2 Å². The van der Waals surface area contributed by atoms with Crippen molar-refractivity contribution in [3.63, 3.8) is 0 Å². The lowest BCUT2D eigenvalue weighted by Crippen LogP contribution is -2.06. The predicted octanol–water partition coefficient (Wildman–Crippen LogP) is 4.14. The second-order valence-electron chi connectivity index (χ2n) is 4.03. The Morgan fingerprint density at radius 1 is 1.00 bits per heavy atom. The van der Waals surface area contributed by atoms with Crippen LogP contribution in [0.15, 0.2) is 52.3 Å². The van der Waals surface area contributed by atoms with E-state index < -0.39 is 0 Å². The Kier molecular flexibility index (Phi) is 3.99. The molecule has 94 valence electrons. The SMILES string of the molecule is C[C@H](N)c1cc(F)ccc1Sc1ccc(F)cc1. The van der Waals surface area contributed by atoms with Gasteiger partial charge in [-0.1, -0.05) is 11.8 Å². The standard InChI is InChI=1S/C14H13F2NS/c1-9(17)13-8-11(16)4-7-14(13)18-12-5-2-10(15)3-6-12/h2-9H,17H2,1H3/t9-/m0/s1. The van der Waals surface area contributed by atoms with Gasteiger partial charge in [0.1, 0.15) is 11.6 Å². The second-order valence-corrected chi connectivity index (χ2v) is 5.14. The topological polar surface area (TPSA) is 26.0 Å². The maximum absolute atomic E-state index is 13.2. The molecule has 0 amide bonds. The van der Waals surface area contributed by atoms with Crippen LogP contribution in [0.4, 0.5) is 8.78 Å². The van der Waals surface area contributed by atoms with Crippen LogP contribution in [-0.4, -0.2) is 0 Å². The van der Waals surface area contributed by atoms with Gasteiger partial charge in [0.05, 0.1) is 0 Å². The smallest absolute Gasteiger partial charge is 0.123 e. The maximum atomic E-state index is 13.2. The summed E-state index contributed by atoms with van der Waals surface area (Å²) in [5.41, 5.74) is 6.58. The van der Waals surface area contributed by atoms with E-state index in [-0.39, 0.29) is 17.7 Å². The molecular weight excluding hydrogens is 252 g/mol. The fraction of sp³-hybridized carbons (Fsp3) is 0.143. The normalized spacial score (nSPS) is 12.4. The Labute approximate surface area is 109 Å². The van der Waals surface area contributed by atoms with Gasteiger partial charge in [-0.2, -0.15) is 0 Å². The third-order valence-electron chi connectivity index (χ3n) is 2.50. The van der Waals surface area contributed by atoms with E-state index in [9.17, 15) is 8.78 Å². The average molecular weight is 265 g/mol. The van der Waals surface area contributed by atoms with E-state index in [4.69, 9.17) is 5.73 Å². The first-order chi connectivity index (χ1) is 8.56. The zero-order valence-electron chi connectivity index (χ0n) is 9.86. The fourth-order valence-electron chi connectivity index (χ4n) is 1.60. The highest BCUT2D eigenvalue weighted by atomic mass is 32.2. The third-order valence-corrected chi connectivity index (χ3v) is 3.60. The lowest BCUT2D eigenvalue weighted by molar-refractivity contribution is 0.619. The van der Waals surface area contributed by atoms with Gasteiger partial charge in [0, 0.05) is 15.8 Å². The van der Waals surface area contributed by atoms with Gasteiger partial charge < -0.3 is 5.73 Å². The monoisotopic (exact) mass is 265 g/mol. The summed E-state index contributed by atoms with van der Waals surface area (Å²) in [6, 6.07) is 10.5. The van der Waals surface area contributed by atoms with Gasteiger partial charge in [-0.25, -0.2) is 8.78 Å². The third kappa shape index (κ3) is 3.09. The molecule has 4 heteroatoms. The van der Waals surface area contributed by atoms with Crippen molar-refractivity contribution in [1.29, 1.82) is 0 Å². The Morgan fingerprint density at radius 3 is 2.22 bits per heavy atom. The van der Waals surface area contributed by atoms with Crippen LogP contribution in [0.5, 0.6) is 0 Å². The Bertz CT molecular complexity index is 538. The van der Waals surface area contributed by atoms with Crippen LogP contribution in [0.3, 0.4) is 0 Å². The van der Waals surface area contributed by atoms with Gasteiger partial charge in [-0.15, -0.1) is 0 Å². The van der Waals surface area contributed by atoms with Crippen molar-refractivity contribution in [3.8, 4) is 0 Å². The van der Waals surface area contributed by atoms with Crippen molar-refractivity contribution in [2.24, 2.45) is 5.73 Å². The van der Waals surface area contributed by atoms with Crippen molar-refractivity contribution in [2.45, 2.75) is 22.8 Å². The summed E-state index contributed by atoms with van der Waals surface area (Å²) in [7, 11) is 0.